The van der Waals surface area contributed by atoms with Crippen LogP contribution in [0.25, 0.3) is 10.6 Å². The molecule has 5 aromatic heterocycles. The second-order valence-electron chi connectivity index (χ2n) is 18.1. The molecular formula is C65H67BrClN14Pt2+. The zero-order valence-electron chi connectivity index (χ0n) is 45.4. The molecule has 430 valence electrons. The molecule has 0 unspecified atom stereocenters. The van der Waals surface area contributed by atoms with Crippen molar-refractivity contribution < 1.29 is 44.4 Å². The summed E-state index contributed by atoms with van der Waals surface area (Å²) >= 11 is 1.61. The van der Waals surface area contributed by atoms with E-state index in [1.54, 1.807) is 43.6 Å². The van der Waals surface area contributed by atoms with Crippen LogP contribution in [0.3, 0.4) is 0 Å². The van der Waals surface area contributed by atoms with Crippen LogP contribution in [-0.2, 0) is 59.5 Å². The maximum Gasteiger partial charge on any atom is 2.00 e. The Bertz CT molecular complexity index is 3130. The number of amidine groups is 4. The predicted octanol–water partition coefficient (Wildman–Crippen LogP) is 15.8. The van der Waals surface area contributed by atoms with E-state index < -0.39 is 0 Å². The van der Waals surface area contributed by atoms with Gasteiger partial charge in [0.2, 0.25) is 6.33 Å². The van der Waals surface area contributed by atoms with Gasteiger partial charge in [0.15, 0.2) is 0 Å². The second-order valence-corrected chi connectivity index (χ2v) is 18.1. The summed E-state index contributed by atoms with van der Waals surface area (Å²) in [6.07, 6.45) is 22.6. The molecule has 0 radical (unpaired) electrons. The van der Waals surface area contributed by atoms with Crippen LogP contribution in [0.1, 0.15) is 80.3 Å². The predicted molar refractivity (Wildman–Crippen MR) is 336 cm³/mol. The average molecular weight is 1550 g/mol. The van der Waals surface area contributed by atoms with E-state index in [2.05, 4.69) is 191 Å². The minimum atomic E-state index is 0. The number of pyridine rings is 4. The Hall–Kier alpha value is -7.54. The summed E-state index contributed by atoms with van der Waals surface area (Å²) in [7, 11) is 4.61. The standard InChI is InChI=1S/2C18H12N5.2C14H19N2.CH4.BrH.ClH.2Pt/c2*1-2-8-14-13(7-1)17(21-15-9-3-5-11-19-15)23-18(14)22-16-10-4-6-12-20-16;2*1-2-3-9-15-10-11-16(13-15)12-14-7-5-4-6-8-14;;;;;/h2*1-12H;2*4-8,10-11,13H,2-3,9,12H2,1H3;1H4;2*1H;;/q3*-1;+1;;;;2*+2/p-1. The summed E-state index contributed by atoms with van der Waals surface area (Å²) in [6, 6.07) is 59.3. The third-order valence-corrected chi connectivity index (χ3v) is 12.2. The fraction of sp³-hybridized carbons (Fsp3) is 0.169. The van der Waals surface area contributed by atoms with Gasteiger partial charge in [-0.1, -0.05) is 168 Å². The first-order valence-electron chi connectivity index (χ1n) is 26.5. The Morgan fingerprint density at radius 1 is 0.482 bits per heavy atom. The molecule has 83 heavy (non-hydrogen) atoms. The maximum atomic E-state index is 4.61. The molecule has 0 spiro atoms. The van der Waals surface area contributed by atoms with E-state index in [-0.39, 0.29) is 45.5 Å². The van der Waals surface area contributed by atoms with E-state index in [1.165, 1.54) is 36.8 Å². The quantitative estimate of drug-likeness (QED) is 0.0783. The molecule has 12 rings (SSSR count). The monoisotopic (exact) mass is 1550 g/mol. The molecule has 0 bridgehead atoms. The molecule has 18 heteroatoms. The Kier molecular flexibility index (Phi) is 29.4. The number of aromatic nitrogens is 6. The van der Waals surface area contributed by atoms with Gasteiger partial charge in [-0.2, -0.15) is 6.67 Å². The summed E-state index contributed by atoms with van der Waals surface area (Å²) in [4.78, 5) is 39.5. The molecule has 3 aliphatic heterocycles. The number of unbranched alkanes of at least 4 members (excludes halogenated alkanes) is 2. The first-order chi connectivity index (χ1) is 39.6. The van der Waals surface area contributed by atoms with Crippen LogP contribution in [0.5, 0.6) is 0 Å². The summed E-state index contributed by atoms with van der Waals surface area (Å²) in [5.41, 5.74) is 6.50. The number of aliphatic imine (C=N–C) groups is 4. The molecule has 0 amide bonds. The van der Waals surface area contributed by atoms with Crippen molar-refractivity contribution in [3.8, 4) is 0 Å². The molecule has 0 atom stereocenters. The van der Waals surface area contributed by atoms with Crippen LogP contribution in [-0.4, -0.2) is 64.2 Å². The summed E-state index contributed by atoms with van der Waals surface area (Å²) in [6.45, 7) is 10.8. The Morgan fingerprint density at radius 2 is 0.843 bits per heavy atom. The maximum absolute atomic E-state index is 4.61. The van der Waals surface area contributed by atoms with E-state index in [4.69, 9.17) is 0 Å². The molecule has 0 fully saturated rings. The topological polar surface area (TPSA) is 144 Å². The number of nitrogens with zero attached hydrogens (tertiary/aromatic N) is 14. The van der Waals surface area contributed by atoms with Gasteiger partial charge in [0.05, 0.1) is 29.8 Å². The van der Waals surface area contributed by atoms with Crippen molar-refractivity contribution in [3.05, 3.63) is 289 Å². The summed E-state index contributed by atoms with van der Waals surface area (Å²) < 4.78 is 4.48. The number of fused-ring (bicyclic) bond motifs is 2. The van der Waals surface area contributed by atoms with Crippen LogP contribution < -0.4 is 4.57 Å². The first kappa shape index (κ1) is 66.3. The fourth-order valence-electron chi connectivity index (χ4n) is 8.24. The number of hydrogen-bond acceptors (Lipinski definition) is 10. The van der Waals surface area contributed by atoms with Gasteiger partial charge in [-0.15, -0.1) is 17.0 Å². The molecule has 0 N–H and O–H groups in total. The SMILES string of the molecule is Br.C.CCCCN1C=CN(Cc2ccccc2)[CH-]1.CCCCn1cc[n+](Cc2ccccc2)c1.[Cl][Pt+].[Pt+2].c1ccc(N=C2[N-]C(=Nc3ccccn3)c3ccccc32)nc1.c1ccc(N=C2[N-]C(=Nc3ccccn3)c3ccccc32)nc1. The van der Waals surface area contributed by atoms with Gasteiger partial charge < -0.3 is 40.4 Å². The Balaban J connectivity index is 0.000000201. The minimum Gasteiger partial charge on any atom is -0.357 e. The van der Waals surface area contributed by atoms with Gasteiger partial charge in [0.1, 0.15) is 18.9 Å². The van der Waals surface area contributed by atoms with Crippen LogP contribution in [0.4, 0.5) is 23.3 Å². The van der Waals surface area contributed by atoms with Gasteiger partial charge in [0, 0.05) is 54.7 Å². The van der Waals surface area contributed by atoms with Gasteiger partial charge in [-0.05, 0) is 114 Å². The zero-order valence-corrected chi connectivity index (χ0v) is 52.4. The van der Waals surface area contributed by atoms with Crippen LogP contribution in [0, 0.1) is 6.67 Å². The van der Waals surface area contributed by atoms with Crippen molar-refractivity contribution >= 4 is 73.0 Å². The normalized spacial score (nSPS) is 14.0. The van der Waals surface area contributed by atoms with E-state index in [0.717, 1.165) is 48.4 Å². The molecule has 4 aromatic carbocycles. The van der Waals surface area contributed by atoms with Crippen LogP contribution >= 0.6 is 26.4 Å². The number of hydrogen-bond donors (Lipinski definition) is 0. The van der Waals surface area contributed by atoms with Gasteiger partial charge in [0.25, 0.3) is 0 Å². The smallest absolute Gasteiger partial charge is 0.357 e. The molecule has 0 aliphatic carbocycles. The van der Waals surface area contributed by atoms with E-state index in [1.807, 2.05) is 121 Å². The van der Waals surface area contributed by atoms with Crippen LogP contribution in [0.2, 0.25) is 0 Å². The number of benzene rings is 4. The molecule has 3 aliphatic rings. The minimum absolute atomic E-state index is 0. The first-order valence-corrected chi connectivity index (χ1v) is 29.3. The van der Waals surface area contributed by atoms with Gasteiger partial charge in [-0.3, -0.25) is 19.9 Å². The average Bonchev–Trinajstić information content (AvgIpc) is 4.19. The van der Waals surface area contributed by atoms with E-state index in [9.17, 15) is 0 Å². The van der Waals surface area contributed by atoms with E-state index >= 15 is 0 Å². The van der Waals surface area contributed by atoms with Gasteiger partial charge >= 0.3 is 49.3 Å². The molecule has 0 saturated carbocycles. The number of aryl methyl sites for hydroxylation is 1. The summed E-state index contributed by atoms with van der Waals surface area (Å²) in [5, 5.41) is 9.13. The number of rotatable bonds is 14. The van der Waals surface area contributed by atoms with Crippen LogP contribution in [0.15, 0.2) is 258 Å². The molecule has 14 nitrogen and oxygen atoms in total. The summed E-state index contributed by atoms with van der Waals surface area (Å²) in [5.74, 6) is 4.98. The second kappa shape index (κ2) is 36.8. The van der Waals surface area contributed by atoms with Crippen molar-refractivity contribution in [1.29, 1.82) is 0 Å². The van der Waals surface area contributed by atoms with Crippen molar-refractivity contribution in [2.45, 2.75) is 66.6 Å². The van der Waals surface area contributed by atoms with Crippen molar-refractivity contribution in [2.24, 2.45) is 20.0 Å². The van der Waals surface area contributed by atoms with Crippen molar-refractivity contribution in [3.63, 3.8) is 0 Å². The zero-order chi connectivity index (χ0) is 55.4. The third-order valence-electron chi connectivity index (χ3n) is 12.2. The van der Waals surface area contributed by atoms with E-state index in [0.29, 0.717) is 46.6 Å². The molecule has 9 aromatic rings. The Labute approximate surface area is 529 Å². The molecule has 0 saturated heterocycles. The number of imidazole rings is 1. The molecule has 8 heterocycles. The van der Waals surface area contributed by atoms with Crippen molar-refractivity contribution in [1.82, 2.24) is 34.3 Å². The fourth-order valence-corrected chi connectivity index (χ4v) is 8.24. The molecular weight excluding hydrogens is 1480 g/mol. The van der Waals surface area contributed by atoms with Crippen molar-refractivity contribution in [2.75, 3.05) is 6.54 Å². The Morgan fingerprint density at radius 3 is 1.23 bits per heavy atom. The van der Waals surface area contributed by atoms with Gasteiger partial charge in [-0.25, -0.2) is 9.13 Å². The number of halogens is 2. The third kappa shape index (κ3) is 21.0. The largest absolute Gasteiger partial charge is 2.00 e.